The van der Waals surface area contributed by atoms with Crippen LogP contribution in [-0.2, 0) is 16.0 Å². The second kappa shape index (κ2) is 8.03. The Morgan fingerprint density at radius 1 is 1.32 bits per heavy atom. The molecule has 7 heteroatoms. The SMILES string of the molecule is COC(=O)C(N)CC(C)CCc1ccccc1OC(F)(F)F. The van der Waals surface area contributed by atoms with E-state index in [4.69, 9.17) is 5.73 Å². The number of hydrogen-bond acceptors (Lipinski definition) is 4. The van der Waals surface area contributed by atoms with Gasteiger partial charge in [0.1, 0.15) is 11.8 Å². The number of benzene rings is 1. The van der Waals surface area contributed by atoms with Crippen molar-refractivity contribution in [2.45, 2.75) is 38.6 Å². The fourth-order valence-electron chi connectivity index (χ4n) is 2.14. The summed E-state index contributed by atoms with van der Waals surface area (Å²) in [6, 6.07) is 5.30. The minimum Gasteiger partial charge on any atom is -0.468 e. The fraction of sp³-hybridized carbons (Fsp3) is 0.533. The van der Waals surface area contributed by atoms with Gasteiger partial charge in [-0.05, 0) is 36.8 Å². The van der Waals surface area contributed by atoms with Gasteiger partial charge in [-0.25, -0.2) is 0 Å². The molecule has 2 N–H and O–H groups in total. The quantitative estimate of drug-likeness (QED) is 0.785. The van der Waals surface area contributed by atoms with Crippen molar-refractivity contribution < 1.29 is 27.4 Å². The van der Waals surface area contributed by atoms with E-state index in [9.17, 15) is 18.0 Å². The normalized spacial score (nSPS) is 14.3. The van der Waals surface area contributed by atoms with Gasteiger partial charge in [-0.2, -0.15) is 0 Å². The Morgan fingerprint density at radius 2 is 1.95 bits per heavy atom. The van der Waals surface area contributed by atoms with Gasteiger partial charge in [0.05, 0.1) is 7.11 Å². The Hall–Kier alpha value is -1.76. The maximum absolute atomic E-state index is 12.3. The van der Waals surface area contributed by atoms with E-state index in [0.29, 0.717) is 24.8 Å². The predicted molar refractivity (Wildman–Crippen MR) is 75.2 cm³/mol. The first-order valence-corrected chi connectivity index (χ1v) is 6.90. The van der Waals surface area contributed by atoms with E-state index in [2.05, 4.69) is 9.47 Å². The van der Waals surface area contributed by atoms with Crippen molar-refractivity contribution in [3.05, 3.63) is 29.8 Å². The van der Waals surface area contributed by atoms with Gasteiger partial charge >= 0.3 is 12.3 Å². The van der Waals surface area contributed by atoms with Gasteiger partial charge in [0, 0.05) is 0 Å². The van der Waals surface area contributed by atoms with Crippen LogP contribution in [0.15, 0.2) is 24.3 Å². The Kier molecular flexibility index (Phi) is 6.67. The topological polar surface area (TPSA) is 61.5 Å². The molecule has 0 spiro atoms. The van der Waals surface area contributed by atoms with Gasteiger partial charge in [-0.3, -0.25) is 4.79 Å². The summed E-state index contributed by atoms with van der Waals surface area (Å²) < 4.78 is 45.5. The van der Waals surface area contributed by atoms with Gasteiger partial charge in [0.2, 0.25) is 0 Å². The maximum Gasteiger partial charge on any atom is 0.573 e. The zero-order valence-electron chi connectivity index (χ0n) is 12.5. The zero-order chi connectivity index (χ0) is 16.8. The number of rotatable bonds is 7. The number of carbonyl (C=O) groups is 1. The molecule has 0 amide bonds. The van der Waals surface area contributed by atoms with E-state index in [1.165, 1.54) is 19.2 Å². The molecular formula is C15H20F3NO3. The zero-order valence-corrected chi connectivity index (χ0v) is 12.5. The van der Waals surface area contributed by atoms with Gasteiger partial charge in [-0.1, -0.05) is 25.1 Å². The standard InChI is InChI=1S/C15H20F3NO3/c1-10(9-12(19)14(20)21-2)7-8-11-5-3-4-6-13(11)22-15(16,17)18/h3-6,10,12H,7-9,19H2,1-2H3. The molecule has 124 valence electrons. The average Bonchev–Trinajstić information content (AvgIpc) is 2.43. The van der Waals surface area contributed by atoms with Crippen molar-refractivity contribution in [1.82, 2.24) is 0 Å². The number of aryl methyl sites for hydroxylation is 1. The first-order valence-electron chi connectivity index (χ1n) is 6.90. The second-order valence-corrected chi connectivity index (χ2v) is 5.16. The summed E-state index contributed by atoms with van der Waals surface area (Å²) in [6.45, 7) is 1.88. The van der Waals surface area contributed by atoms with Crippen LogP contribution in [0.5, 0.6) is 5.75 Å². The number of hydrogen-bond donors (Lipinski definition) is 1. The Bertz CT molecular complexity index is 491. The van der Waals surface area contributed by atoms with E-state index >= 15 is 0 Å². The van der Waals surface area contributed by atoms with Crippen molar-refractivity contribution in [2.75, 3.05) is 7.11 Å². The Morgan fingerprint density at radius 3 is 2.55 bits per heavy atom. The third-order valence-corrected chi connectivity index (χ3v) is 3.27. The highest BCUT2D eigenvalue weighted by molar-refractivity contribution is 5.75. The molecular weight excluding hydrogens is 299 g/mol. The molecule has 1 aromatic rings. The smallest absolute Gasteiger partial charge is 0.468 e. The van der Waals surface area contributed by atoms with Crippen LogP contribution in [0.4, 0.5) is 13.2 Å². The number of nitrogens with two attached hydrogens (primary N) is 1. The lowest BCUT2D eigenvalue weighted by molar-refractivity contribution is -0.274. The van der Waals surface area contributed by atoms with Crippen LogP contribution in [0.3, 0.4) is 0 Å². The molecule has 2 unspecified atom stereocenters. The highest BCUT2D eigenvalue weighted by Gasteiger charge is 2.32. The molecule has 0 aromatic heterocycles. The lowest BCUT2D eigenvalue weighted by atomic mass is 9.94. The average molecular weight is 319 g/mol. The van der Waals surface area contributed by atoms with Crippen LogP contribution in [-0.4, -0.2) is 25.5 Å². The van der Waals surface area contributed by atoms with Gasteiger partial charge < -0.3 is 15.2 Å². The van der Waals surface area contributed by atoms with E-state index in [-0.39, 0.29) is 11.7 Å². The Labute approximate surface area is 127 Å². The molecule has 4 nitrogen and oxygen atoms in total. The van der Waals surface area contributed by atoms with Gasteiger partial charge in [0.25, 0.3) is 0 Å². The fourth-order valence-corrected chi connectivity index (χ4v) is 2.14. The number of alkyl halides is 3. The third-order valence-electron chi connectivity index (χ3n) is 3.27. The van der Waals surface area contributed by atoms with Crippen molar-refractivity contribution >= 4 is 5.97 Å². The van der Waals surface area contributed by atoms with E-state index in [0.717, 1.165) is 0 Å². The summed E-state index contributed by atoms with van der Waals surface area (Å²) in [5.41, 5.74) is 6.13. The molecule has 0 saturated carbocycles. The van der Waals surface area contributed by atoms with Crippen LogP contribution in [0.2, 0.25) is 0 Å². The van der Waals surface area contributed by atoms with Crippen LogP contribution in [0.1, 0.15) is 25.3 Å². The lowest BCUT2D eigenvalue weighted by Gasteiger charge is -2.17. The van der Waals surface area contributed by atoms with E-state index in [1.807, 2.05) is 6.92 Å². The van der Waals surface area contributed by atoms with Crippen molar-refractivity contribution in [1.29, 1.82) is 0 Å². The number of ether oxygens (including phenoxy) is 2. The molecule has 0 aliphatic carbocycles. The molecule has 0 fully saturated rings. The molecule has 1 rings (SSSR count). The molecule has 0 saturated heterocycles. The van der Waals surface area contributed by atoms with Crippen LogP contribution in [0, 0.1) is 5.92 Å². The first kappa shape index (κ1) is 18.3. The summed E-state index contributed by atoms with van der Waals surface area (Å²) in [5, 5.41) is 0. The summed E-state index contributed by atoms with van der Waals surface area (Å²) in [5.74, 6) is -0.625. The highest BCUT2D eigenvalue weighted by atomic mass is 19.4. The van der Waals surface area contributed by atoms with E-state index < -0.39 is 18.4 Å². The molecule has 0 radical (unpaired) electrons. The first-order chi connectivity index (χ1) is 10.2. The van der Waals surface area contributed by atoms with Crippen molar-refractivity contribution in [3.63, 3.8) is 0 Å². The molecule has 0 bridgehead atoms. The minimum atomic E-state index is -4.71. The molecule has 1 aromatic carbocycles. The largest absolute Gasteiger partial charge is 0.573 e. The van der Waals surface area contributed by atoms with E-state index in [1.54, 1.807) is 12.1 Å². The minimum absolute atomic E-state index is 0.0630. The molecule has 0 heterocycles. The van der Waals surface area contributed by atoms with Gasteiger partial charge in [-0.15, -0.1) is 13.2 Å². The number of methoxy groups -OCH3 is 1. The molecule has 0 aliphatic rings. The maximum atomic E-state index is 12.3. The summed E-state index contributed by atoms with van der Waals surface area (Å²) >= 11 is 0. The lowest BCUT2D eigenvalue weighted by Crippen LogP contribution is -2.33. The van der Waals surface area contributed by atoms with Crippen LogP contribution < -0.4 is 10.5 Å². The third kappa shape index (κ3) is 6.34. The van der Waals surface area contributed by atoms with Crippen LogP contribution in [0.25, 0.3) is 0 Å². The predicted octanol–water partition coefficient (Wildman–Crippen LogP) is 3.04. The summed E-state index contributed by atoms with van der Waals surface area (Å²) in [6.07, 6.45) is -3.31. The Balaban J connectivity index is 2.59. The van der Waals surface area contributed by atoms with Crippen molar-refractivity contribution in [3.8, 4) is 5.75 Å². The number of para-hydroxylation sites is 1. The molecule has 0 aliphatic heterocycles. The molecule has 2 atom stereocenters. The second-order valence-electron chi connectivity index (χ2n) is 5.16. The molecule has 22 heavy (non-hydrogen) atoms. The number of halogens is 3. The number of carbonyl (C=O) groups excluding carboxylic acids is 1. The van der Waals surface area contributed by atoms with Crippen LogP contribution >= 0.6 is 0 Å². The number of esters is 1. The summed E-state index contributed by atoms with van der Waals surface area (Å²) in [7, 11) is 1.26. The monoisotopic (exact) mass is 319 g/mol. The van der Waals surface area contributed by atoms with Crippen molar-refractivity contribution in [2.24, 2.45) is 11.7 Å². The summed E-state index contributed by atoms with van der Waals surface area (Å²) in [4.78, 5) is 11.2. The highest BCUT2D eigenvalue weighted by Crippen LogP contribution is 2.28. The van der Waals surface area contributed by atoms with Gasteiger partial charge in [0.15, 0.2) is 0 Å².